The number of nitrogens with one attached hydrogen (secondary N) is 1. The zero-order valence-corrected chi connectivity index (χ0v) is 21.1. The van der Waals surface area contributed by atoms with Crippen molar-refractivity contribution in [2.24, 2.45) is 0 Å². The highest BCUT2D eigenvalue weighted by Gasteiger charge is 2.49. The van der Waals surface area contributed by atoms with Crippen LogP contribution in [-0.4, -0.2) is 66.4 Å². The summed E-state index contributed by atoms with van der Waals surface area (Å²) in [6.07, 6.45) is 5.16. The summed E-state index contributed by atoms with van der Waals surface area (Å²) in [7, 11) is 0. The van der Waals surface area contributed by atoms with E-state index in [0.29, 0.717) is 44.2 Å². The Morgan fingerprint density at radius 2 is 1.86 bits per heavy atom. The first kappa shape index (κ1) is 25.1. The number of likely N-dealkylation sites (tertiary alicyclic amines) is 1. The van der Waals surface area contributed by atoms with E-state index in [0.717, 1.165) is 43.5 Å². The van der Waals surface area contributed by atoms with E-state index in [-0.39, 0.29) is 23.0 Å². The Morgan fingerprint density at radius 3 is 2.53 bits per heavy atom. The number of carbonyl (C=O) groups is 2. The van der Waals surface area contributed by atoms with Crippen molar-refractivity contribution in [2.45, 2.75) is 55.6 Å². The summed E-state index contributed by atoms with van der Waals surface area (Å²) in [6.45, 7) is 3.21. The van der Waals surface area contributed by atoms with Crippen molar-refractivity contribution in [1.82, 2.24) is 10.2 Å². The zero-order valence-electron chi connectivity index (χ0n) is 20.4. The molecule has 0 bridgehead atoms. The summed E-state index contributed by atoms with van der Waals surface area (Å²) in [5.74, 6) is -0.118. The Kier molecular flexibility index (Phi) is 7.24. The number of ether oxygens (including phenoxy) is 2. The fourth-order valence-electron chi connectivity index (χ4n) is 5.65. The molecule has 0 aromatic heterocycles. The number of carbonyl (C=O) groups excluding carboxylic acids is 1. The molecule has 2 aromatic carbocycles. The average molecular weight is 513 g/mol. The highest BCUT2D eigenvalue weighted by molar-refractivity contribution is 6.30. The molecule has 1 aliphatic carbocycles. The van der Waals surface area contributed by atoms with Gasteiger partial charge in [0.1, 0.15) is 17.4 Å². The van der Waals surface area contributed by atoms with Gasteiger partial charge in [-0.15, -0.1) is 0 Å². The molecule has 3 fully saturated rings. The van der Waals surface area contributed by atoms with Crippen LogP contribution in [0, 0.1) is 0 Å². The van der Waals surface area contributed by atoms with E-state index in [4.69, 9.17) is 21.1 Å². The first-order valence-electron chi connectivity index (χ1n) is 12.8. The van der Waals surface area contributed by atoms with Gasteiger partial charge in [0.2, 0.25) is 5.91 Å². The second-order valence-corrected chi connectivity index (χ2v) is 10.7. The van der Waals surface area contributed by atoms with Gasteiger partial charge in [0.05, 0.1) is 5.56 Å². The second kappa shape index (κ2) is 10.4. The molecule has 8 heteroatoms. The van der Waals surface area contributed by atoms with Crippen LogP contribution in [0.5, 0.6) is 5.75 Å². The quantitative estimate of drug-likeness (QED) is 0.549. The summed E-state index contributed by atoms with van der Waals surface area (Å²) in [4.78, 5) is 27.4. The predicted octanol–water partition coefficient (Wildman–Crippen LogP) is 4.28. The van der Waals surface area contributed by atoms with Crippen LogP contribution in [0.1, 0.15) is 54.4 Å². The number of hydrogen-bond acceptors (Lipinski definition) is 5. The smallest absolute Gasteiger partial charge is 0.335 e. The maximum atomic E-state index is 13.8. The van der Waals surface area contributed by atoms with Crippen LogP contribution in [0.25, 0.3) is 0 Å². The molecule has 2 aromatic rings. The van der Waals surface area contributed by atoms with Crippen molar-refractivity contribution in [3.63, 3.8) is 0 Å². The number of aromatic carboxylic acids is 1. The van der Waals surface area contributed by atoms with Crippen molar-refractivity contribution in [1.29, 1.82) is 0 Å². The van der Waals surface area contributed by atoms with Crippen molar-refractivity contribution in [3.05, 3.63) is 64.7 Å². The minimum atomic E-state index is -0.930. The van der Waals surface area contributed by atoms with Gasteiger partial charge in [0.25, 0.3) is 0 Å². The topological polar surface area (TPSA) is 88.1 Å². The summed E-state index contributed by atoms with van der Waals surface area (Å²) < 4.78 is 11.9. The molecular weight excluding hydrogens is 480 g/mol. The first-order valence-corrected chi connectivity index (χ1v) is 13.2. The standard InChI is InChI=1S/C28H33ClN2O5/c29-22-3-1-4-23(17-22)36-24-5-2-14-31(18-24)28(12-15-35-16-13-28)26(34)30-19-27(10-11-27)21-8-6-20(7-9-21)25(32)33/h1,3-4,6-9,17,24H,2,5,10-16,18-19H2,(H,30,34)(H,32,33)/t24-/m1/s1. The normalized spacial score (nSPS) is 23.0. The molecule has 3 aliphatic rings. The van der Waals surface area contributed by atoms with Crippen molar-refractivity contribution in [2.75, 3.05) is 32.8 Å². The molecule has 192 valence electrons. The molecule has 2 aliphatic heterocycles. The predicted molar refractivity (Wildman–Crippen MR) is 137 cm³/mol. The van der Waals surface area contributed by atoms with Crippen LogP contribution in [-0.2, 0) is 14.9 Å². The highest BCUT2D eigenvalue weighted by atomic mass is 35.5. The van der Waals surface area contributed by atoms with E-state index < -0.39 is 11.5 Å². The summed E-state index contributed by atoms with van der Waals surface area (Å²) in [6, 6.07) is 14.5. The van der Waals surface area contributed by atoms with Crippen molar-refractivity contribution >= 4 is 23.5 Å². The third kappa shape index (κ3) is 5.24. The fourth-order valence-corrected chi connectivity index (χ4v) is 5.83. The number of hydrogen-bond donors (Lipinski definition) is 2. The van der Waals surface area contributed by atoms with E-state index in [1.165, 1.54) is 0 Å². The molecule has 1 saturated carbocycles. The molecule has 0 unspecified atom stereocenters. The Labute approximate surface area is 216 Å². The average Bonchev–Trinajstić information content (AvgIpc) is 3.69. The van der Waals surface area contributed by atoms with Crippen LogP contribution < -0.4 is 10.1 Å². The lowest BCUT2D eigenvalue weighted by Crippen LogP contribution is -2.64. The van der Waals surface area contributed by atoms with E-state index in [1.54, 1.807) is 12.1 Å². The molecular formula is C28H33ClN2O5. The van der Waals surface area contributed by atoms with E-state index in [9.17, 15) is 14.7 Å². The molecule has 1 amide bonds. The highest BCUT2D eigenvalue weighted by Crippen LogP contribution is 2.48. The van der Waals surface area contributed by atoms with Crippen LogP contribution in [0.2, 0.25) is 5.02 Å². The van der Waals surface area contributed by atoms with Gasteiger partial charge in [0, 0.05) is 36.7 Å². The molecule has 2 heterocycles. The number of carboxylic acids is 1. The number of halogens is 1. The van der Waals surface area contributed by atoms with Gasteiger partial charge in [0.15, 0.2) is 0 Å². The van der Waals surface area contributed by atoms with E-state index in [1.807, 2.05) is 36.4 Å². The molecule has 5 rings (SSSR count). The number of amides is 1. The monoisotopic (exact) mass is 512 g/mol. The lowest BCUT2D eigenvalue weighted by molar-refractivity contribution is -0.143. The van der Waals surface area contributed by atoms with Crippen LogP contribution in [0.15, 0.2) is 48.5 Å². The van der Waals surface area contributed by atoms with E-state index >= 15 is 0 Å². The van der Waals surface area contributed by atoms with Crippen LogP contribution >= 0.6 is 11.6 Å². The van der Waals surface area contributed by atoms with Gasteiger partial charge < -0.3 is 19.9 Å². The van der Waals surface area contributed by atoms with Gasteiger partial charge in [-0.25, -0.2) is 4.79 Å². The fraction of sp³-hybridized carbons (Fsp3) is 0.500. The van der Waals surface area contributed by atoms with Crippen molar-refractivity contribution in [3.8, 4) is 5.75 Å². The van der Waals surface area contributed by atoms with Gasteiger partial charge in [-0.1, -0.05) is 29.8 Å². The van der Waals surface area contributed by atoms with Crippen LogP contribution in [0.4, 0.5) is 0 Å². The largest absolute Gasteiger partial charge is 0.489 e. The van der Waals surface area contributed by atoms with Gasteiger partial charge in [-0.2, -0.15) is 0 Å². The molecule has 2 N–H and O–H groups in total. The Bertz CT molecular complexity index is 1100. The van der Waals surface area contributed by atoms with Crippen molar-refractivity contribution < 1.29 is 24.2 Å². The number of nitrogens with zero attached hydrogens (tertiary/aromatic N) is 1. The first-order chi connectivity index (χ1) is 17.4. The summed E-state index contributed by atoms with van der Waals surface area (Å²) in [5.41, 5.74) is 0.637. The Hall–Kier alpha value is -2.61. The lowest BCUT2D eigenvalue weighted by atomic mass is 9.84. The second-order valence-electron chi connectivity index (χ2n) is 10.3. The molecule has 7 nitrogen and oxygen atoms in total. The maximum absolute atomic E-state index is 13.8. The lowest BCUT2D eigenvalue weighted by Gasteiger charge is -2.48. The van der Waals surface area contributed by atoms with Gasteiger partial charge >= 0.3 is 5.97 Å². The van der Waals surface area contributed by atoms with E-state index in [2.05, 4.69) is 10.2 Å². The minimum Gasteiger partial charge on any atom is -0.489 e. The molecule has 0 spiro atoms. The maximum Gasteiger partial charge on any atom is 0.335 e. The number of benzene rings is 2. The van der Waals surface area contributed by atoms with Gasteiger partial charge in [-0.3, -0.25) is 9.69 Å². The summed E-state index contributed by atoms with van der Waals surface area (Å²) in [5, 5.41) is 13.1. The molecule has 2 saturated heterocycles. The molecule has 1 atom stereocenters. The Balaban J connectivity index is 1.27. The Morgan fingerprint density at radius 1 is 1.11 bits per heavy atom. The molecule has 0 radical (unpaired) electrons. The molecule has 36 heavy (non-hydrogen) atoms. The SMILES string of the molecule is O=C(O)c1ccc(C2(CNC(=O)C3(N4CCC[C@@H](Oc5cccc(Cl)c5)C4)CCOCC3)CC2)cc1. The zero-order chi connectivity index (χ0) is 25.2. The number of piperidine rings is 1. The third-order valence-electron chi connectivity index (χ3n) is 8.01. The van der Waals surface area contributed by atoms with Gasteiger partial charge in [-0.05, 0) is 81.0 Å². The third-order valence-corrected chi connectivity index (χ3v) is 8.25. The van der Waals surface area contributed by atoms with Crippen LogP contribution in [0.3, 0.4) is 0 Å². The number of rotatable bonds is 8. The number of carboxylic acid groups (broad SMARTS) is 1. The minimum absolute atomic E-state index is 0.00717. The summed E-state index contributed by atoms with van der Waals surface area (Å²) >= 11 is 6.14.